The molecule has 0 aliphatic heterocycles. The van der Waals surface area contributed by atoms with Crippen LogP contribution >= 0.6 is 0 Å². The van der Waals surface area contributed by atoms with Gasteiger partial charge in [-0.2, -0.15) is 0 Å². The topological polar surface area (TPSA) is 121 Å². The molecule has 3 N–H and O–H groups in total. The summed E-state index contributed by atoms with van der Waals surface area (Å²) < 4.78 is 5.74. The van der Waals surface area contributed by atoms with Crippen LogP contribution in [0.5, 0.6) is 11.5 Å². The zero-order chi connectivity index (χ0) is 29.2. The second-order valence-corrected chi connectivity index (χ2v) is 12.3. The molecule has 3 atom stereocenters. The quantitative estimate of drug-likeness (QED) is 0.331. The van der Waals surface area contributed by atoms with Gasteiger partial charge in [-0.25, -0.2) is 0 Å². The number of aromatic hydroxyl groups is 1. The van der Waals surface area contributed by atoms with Crippen LogP contribution in [0.1, 0.15) is 69.1 Å². The number of ketones is 3. The Balaban J connectivity index is 1.47. The summed E-state index contributed by atoms with van der Waals surface area (Å²) in [5, 5.41) is 34.0. The molecular formula is C34H36O7. The van der Waals surface area contributed by atoms with E-state index in [1.165, 1.54) is 44.2 Å². The summed E-state index contributed by atoms with van der Waals surface area (Å²) in [6.45, 7) is 2.94. The Bertz CT molecular complexity index is 1550. The van der Waals surface area contributed by atoms with Gasteiger partial charge in [0.15, 0.2) is 11.4 Å². The number of aliphatic hydroxyl groups is 2. The van der Waals surface area contributed by atoms with Crippen LogP contribution in [-0.2, 0) is 27.2 Å². The van der Waals surface area contributed by atoms with Gasteiger partial charge in [0.1, 0.15) is 17.3 Å². The number of methoxy groups -OCH3 is 1. The Kier molecular flexibility index (Phi) is 6.68. The van der Waals surface area contributed by atoms with Crippen LogP contribution in [0.2, 0.25) is 0 Å². The molecule has 0 radical (unpaired) electrons. The maximum atomic E-state index is 13.9. The van der Waals surface area contributed by atoms with Crippen LogP contribution in [0, 0.1) is 17.8 Å². The Labute approximate surface area is 239 Å². The molecule has 0 amide bonds. The van der Waals surface area contributed by atoms with Crippen molar-refractivity contribution in [1.29, 1.82) is 0 Å². The maximum absolute atomic E-state index is 13.9. The van der Waals surface area contributed by atoms with E-state index < -0.39 is 40.5 Å². The third kappa shape index (κ3) is 4.16. The smallest absolute Gasteiger partial charge is 0.206 e. The molecule has 0 unspecified atom stereocenters. The van der Waals surface area contributed by atoms with Crippen LogP contribution in [0.3, 0.4) is 0 Å². The summed E-state index contributed by atoms with van der Waals surface area (Å²) in [6, 6.07) is 9.49. The lowest BCUT2D eigenvalue weighted by Gasteiger charge is -2.46. The van der Waals surface area contributed by atoms with Gasteiger partial charge in [0.25, 0.3) is 0 Å². The molecule has 41 heavy (non-hydrogen) atoms. The van der Waals surface area contributed by atoms with E-state index in [2.05, 4.69) is 12.1 Å². The van der Waals surface area contributed by atoms with Gasteiger partial charge in [-0.15, -0.1) is 0 Å². The van der Waals surface area contributed by atoms with Crippen LogP contribution in [0.15, 0.2) is 47.1 Å². The van der Waals surface area contributed by atoms with Crippen LogP contribution in [-0.4, -0.2) is 45.4 Å². The SMILES string of the molecule is COc1ccc(CC2CCCC2)cc1-c1ccc(O)c2c1C[C@H]1C[C@H]3CC(C)=C(C(C)=O)C(=O)[C@@]3(O)C(=O)C1=C2O. The first-order chi connectivity index (χ1) is 19.6. The molecule has 0 aromatic heterocycles. The van der Waals surface area contributed by atoms with Gasteiger partial charge in [0.05, 0.1) is 18.2 Å². The number of carbonyl (C=O) groups is 3. The van der Waals surface area contributed by atoms with Crippen LogP contribution in [0.4, 0.5) is 0 Å². The first-order valence-corrected chi connectivity index (χ1v) is 14.5. The highest BCUT2D eigenvalue weighted by atomic mass is 16.5. The molecule has 2 fully saturated rings. The number of Topliss-reactive ketones (excluding diaryl/α,β-unsaturated/α-hetero) is 3. The highest BCUT2D eigenvalue weighted by Gasteiger charge is 2.60. The minimum Gasteiger partial charge on any atom is -0.507 e. The van der Waals surface area contributed by atoms with Crippen molar-refractivity contribution in [3.63, 3.8) is 0 Å². The molecule has 2 saturated carbocycles. The van der Waals surface area contributed by atoms with E-state index in [-0.39, 0.29) is 35.3 Å². The van der Waals surface area contributed by atoms with Gasteiger partial charge in [-0.1, -0.05) is 43.4 Å². The predicted molar refractivity (Wildman–Crippen MR) is 154 cm³/mol. The first-order valence-electron chi connectivity index (χ1n) is 14.5. The molecular weight excluding hydrogens is 520 g/mol. The number of carbonyl (C=O) groups excluding carboxylic acids is 3. The van der Waals surface area contributed by atoms with E-state index in [0.29, 0.717) is 29.2 Å². The van der Waals surface area contributed by atoms with Crippen molar-refractivity contribution >= 4 is 23.1 Å². The fourth-order valence-corrected chi connectivity index (χ4v) is 7.92. The number of fused-ring (bicyclic) bond motifs is 3. The summed E-state index contributed by atoms with van der Waals surface area (Å²) >= 11 is 0. The predicted octanol–water partition coefficient (Wildman–Crippen LogP) is 5.44. The monoisotopic (exact) mass is 556 g/mol. The van der Waals surface area contributed by atoms with Crippen LogP contribution in [0.25, 0.3) is 16.9 Å². The van der Waals surface area contributed by atoms with E-state index in [1.54, 1.807) is 14.0 Å². The lowest BCUT2D eigenvalue weighted by Crippen LogP contribution is -2.61. The van der Waals surface area contributed by atoms with Crippen molar-refractivity contribution in [3.05, 3.63) is 63.7 Å². The Morgan fingerprint density at radius 1 is 1.02 bits per heavy atom. The van der Waals surface area contributed by atoms with Crippen LogP contribution < -0.4 is 4.74 Å². The lowest BCUT2D eigenvalue weighted by atomic mass is 9.57. The summed E-state index contributed by atoms with van der Waals surface area (Å²) in [6.07, 6.45) is 6.82. The summed E-state index contributed by atoms with van der Waals surface area (Å²) in [5.41, 5.74) is 1.65. The number of hydrogen-bond acceptors (Lipinski definition) is 7. The molecule has 7 heteroatoms. The second-order valence-electron chi connectivity index (χ2n) is 12.3. The Morgan fingerprint density at radius 2 is 1.76 bits per heavy atom. The molecule has 6 rings (SSSR count). The summed E-state index contributed by atoms with van der Waals surface area (Å²) in [5.74, 6) is -2.71. The first kappa shape index (κ1) is 27.5. The molecule has 4 aliphatic carbocycles. The molecule has 7 nitrogen and oxygen atoms in total. The molecule has 0 bridgehead atoms. The third-order valence-corrected chi connectivity index (χ3v) is 9.85. The van der Waals surface area contributed by atoms with Gasteiger partial charge < -0.3 is 20.1 Å². The minimum absolute atomic E-state index is 0.0542. The number of allylic oxidation sites excluding steroid dienone is 1. The van der Waals surface area contributed by atoms with E-state index in [1.807, 2.05) is 12.1 Å². The fraction of sp³-hybridized carbons (Fsp3) is 0.441. The Morgan fingerprint density at radius 3 is 2.44 bits per heavy atom. The van der Waals surface area contributed by atoms with Gasteiger partial charge >= 0.3 is 0 Å². The zero-order valence-electron chi connectivity index (χ0n) is 23.8. The standard InChI is InChI=1S/C34H36O7/c1-17-12-22-15-21-16-25-23(24-14-20(8-11-27(24)41-3)13-19-6-4-5-7-19)9-10-26(36)30(25)31(37)29(21)33(39)34(22,40)32(38)28(17)18(2)35/h8-11,14,19,21-22,36-37,40H,4-7,12-13,15-16H2,1-3H3/t21-,22-,34-/m1/s1. The van der Waals surface area contributed by atoms with Crippen molar-refractivity contribution in [3.8, 4) is 22.6 Å². The molecule has 0 saturated heterocycles. The molecule has 214 valence electrons. The number of benzene rings is 2. The van der Waals surface area contributed by atoms with Crippen molar-refractivity contribution in [2.24, 2.45) is 17.8 Å². The normalized spacial score (nSPS) is 26.1. The number of rotatable bonds is 5. The highest BCUT2D eigenvalue weighted by Crippen LogP contribution is 2.53. The Hall–Kier alpha value is -3.71. The second kappa shape index (κ2) is 9.98. The highest BCUT2D eigenvalue weighted by molar-refractivity contribution is 6.33. The van der Waals surface area contributed by atoms with Crippen molar-refractivity contribution in [1.82, 2.24) is 0 Å². The molecule has 2 aromatic rings. The van der Waals surface area contributed by atoms with Gasteiger partial charge in [-0.05, 0) is 86.3 Å². The summed E-state index contributed by atoms with van der Waals surface area (Å²) in [7, 11) is 1.61. The molecule has 4 aliphatic rings. The number of ether oxygens (including phenoxy) is 1. The van der Waals surface area contributed by atoms with Gasteiger partial charge in [-0.3, -0.25) is 14.4 Å². The molecule has 0 spiro atoms. The summed E-state index contributed by atoms with van der Waals surface area (Å²) in [4.78, 5) is 39.5. The van der Waals surface area contributed by atoms with Crippen molar-refractivity contribution in [2.75, 3.05) is 7.11 Å². The largest absolute Gasteiger partial charge is 0.507 e. The van der Waals surface area contributed by atoms with E-state index in [4.69, 9.17) is 4.74 Å². The van der Waals surface area contributed by atoms with Crippen molar-refractivity contribution in [2.45, 2.75) is 70.8 Å². The third-order valence-electron chi connectivity index (χ3n) is 9.85. The average molecular weight is 557 g/mol. The van der Waals surface area contributed by atoms with E-state index >= 15 is 0 Å². The zero-order valence-corrected chi connectivity index (χ0v) is 23.8. The molecule has 2 aromatic carbocycles. The fourth-order valence-electron chi connectivity index (χ4n) is 7.92. The molecule has 0 heterocycles. The number of hydrogen-bond donors (Lipinski definition) is 3. The minimum atomic E-state index is -2.41. The number of phenolic OH excluding ortho intramolecular Hbond substituents is 1. The number of aliphatic hydroxyl groups excluding tert-OH is 1. The van der Waals surface area contributed by atoms with Crippen molar-refractivity contribution < 1.29 is 34.4 Å². The van der Waals surface area contributed by atoms with Gasteiger partial charge in [0, 0.05) is 17.1 Å². The van der Waals surface area contributed by atoms with E-state index in [9.17, 15) is 29.7 Å². The number of phenols is 1. The maximum Gasteiger partial charge on any atom is 0.206 e. The van der Waals surface area contributed by atoms with E-state index in [0.717, 1.165) is 17.5 Å². The lowest BCUT2D eigenvalue weighted by molar-refractivity contribution is -0.157. The average Bonchev–Trinajstić information content (AvgIpc) is 3.44. The van der Waals surface area contributed by atoms with Gasteiger partial charge in [0.2, 0.25) is 11.6 Å².